The molecular weight excluding hydrogens is 443 g/mol. The van der Waals surface area contributed by atoms with Gasteiger partial charge in [-0.25, -0.2) is 9.18 Å². The first kappa shape index (κ1) is 27.8. The molecule has 1 aromatic heterocycles. The van der Waals surface area contributed by atoms with Crippen LogP contribution in [-0.4, -0.2) is 72.0 Å². The van der Waals surface area contributed by atoms with E-state index in [0.717, 1.165) is 11.1 Å². The predicted molar refractivity (Wildman–Crippen MR) is 130 cm³/mol. The maximum atomic E-state index is 14.1. The zero-order valence-corrected chi connectivity index (χ0v) is 20.8. The number of ether oxygens (including phenoxy) is 2. The molecule has 1 atom stereocenters. The Balaban J connectivity index is 1.82. The van der Waals surface area contributed by atoms with Crippen molar-refractivity contribution in [3.63, 3.8) is 0 Å². The summed E-state index contributed by atoms with van der Waals surface area (Å²) in [7, 11) is 0. The van der Waals surface area contributed by atoms with Crippen LogP contribution in [0.5, 0.6) is 0 Å². The van der Waals surface area contributed by atoms with Crippen molar-refractivity contribution in [3.05, 3.63) is 29.7 Å². The minimum Gasteiger partial charge on any atom is -0.444 e. The van der Waals surface area contributed by atoms with Gasteiger partial charge in [0.25, 0.3) is 0 Å². The fraction of sp³-hybridized carbons (Fsp3) is 0.625. The van der Waals surface area contributed by atoms with Crippen molar-refractivity contribution < 1.29 is 28.9 Å². The second-order valence-electron chi connectivity index (χ2n) is 10.0. The summed E-state index contributed by atoms with van der Waals surface area (Å²) in [5.41, 5.74) is 6.05. The lowest BCUT2D eigenvalue weighted by atomic mass is 9.90. The first-order valence-corrected chi connectivity index (χ1v) is 11.5. The van der Waals surface area contributed by atoms with Gasteiger partial charge in [-0.05, 0) is 32.9 Å². The number of hydrogen-bond donors (Lipinski definition) is 5. The molecule has 2 rings (SSSR count). The summed E-state index contributed by atoms with van der Waals surface area (Å²) in [6.07, 6.45) is -1.24. The third-order valence-corrected chi connectivity index (χ3v) is 5.22. The van der Waals surface area contributed by atoms with Crippen LogP contribution in [-0.2, 0) is 21.4 Å². The molecule has 1 amide bonds. The maximum Gasteiger partial charge on any atom is 0.407 e. The van der Waals surface area contributed by atoms with E-state index >= 15 is 0 Å². The van der Waals surface area contributed by atoms with E-state index in [1.807, 2.05) is 24.5 Å². The van der Waals surface area contributed by atoms with E-state index in [9.17, 15) is 19.4 Å². The molecule has 1 aromatic carbocycles. The first-order chi connectivity index (χ1) is 15.8. The molecule has 6 N–H and O–H groups in total. The van der Waals surface area contributed by atoms with Crippen LogP contribution in [0, 0.1) is 5.82 Å². The van der Waals surface area contributed by atoms with Gasteiger partial charge in [0.15, 0.2) is 0 Å². The Kier molecular flexibility index (Phi) is 9.69. The number of aliphatic hydroxyl groups excluding tert-OH is 2. The number of carbonyl (C=O) groups is 1. The molecule has 0 aliphatic carbocycles. The number of rotatable bonds is 12. The van der Waals surface area contributed by atoms with Gasteiger partial charge in [0.05, 0.1) is 43.7 Å². The molecule has 10 heteroatoms. The minimum atomic E-state index is -0.752. The number of alkyl carbamates (subject to hydrolysis) is 1. The van der Waals surface area contributed by atoms with E-state index < -0.39 is 29.0 Å². The Morgan fingerprint density at radius 1 is 1.18 bits per heavy atom. The molecule has 0 saturated carbocycles. The number of hydrogen-bond acceptors (Lipinski definition) is 7. The highest BCUT2D eigenvalue weighted by Crippen LogP contribution is 2.32. The minimum absolute atomic E-state index is 0.0570. The Hall–Kier alpha value is -2.40. The Morgan fingerprint density at radius 2 is 1.85 bits per heavy atom. The van der Waals surface area contributed by atoms with Crippen molar-refractivity contribution in [1.82, 2.24) is 15.2 Å². The van der Waals surface area contributed by atoms with Crippen molar-refractivity contribution in [2.45, 2.75) is 58.3 Å². The molecule has 0 radical (unpaired) electrons. The molecule has 192 valence electrons. The molecule has 0 spiro atoms. The fourth-order valence-electron chi connectivity index (χ4n) is 3.47. The third-order valence-electron chi connectivity index (χ3n) is 5.22. The zero-order chi connectivity index (χ0) is 25.5. The van der Waals surface area contributed by atoms with Crippen LogP contribution in [0.25, 0.3) is 10.9 Å². The topological polar surface area (TPSA) is 131 Å². The highest BCUT2D eigenvalue weighted by Gasteiger charge is 2.26. The number of fused-ring (bicyclic) bond motifs is 1. The van der Waals surface area contributed by atoms with Crippen molar-refractivity contribution >= 4 is 22.7 Å². The van der Waals surface area contributed by atoms with Crippen LogP contribution in [0.4, 0.5) is 14.9 Å². The number of aromatic nitrogens is 1. The summed E-state index contributed by atoms with van der Waals surface area (Å²) < 4.78 is 26.6. The Morgan fingerprint density at radius 3 is 2.50 bits per heavy atom. The SMILES string of the molecule is CC(C)(C)OC(=O)NCCOCCNC[C@H](O)Cn1c(C(C)(C)CO)cc2cc(N)c(F)cc21. The van der Waals surface area contributed by atoms with Crippen LogP contribution in [0.3, 0.4) is 0 Å². The van der Waals surface area contributed by atoms with Crippen LogP contribution < -0.4 is 16.4 Å². The average molecular weight is 483 g/mol. The number of nitrogens with two attached hydrogens (primary N) is 1. The number of benzene rings is 1. The van der Waals surface area contributed by atoms with Crippen LogP contribution in [0.1, 0.15) is 40.3 Å². The molecule has 0 bridgehead atoms. The van der Waals surface area contributed by atoms with Gasteiger partial charge in [-0.1, -0.05) is 13.8 Å². The summed E-state index contributed by atoms with van der Waals surface area (Å²) in [5.74, 6) is -0.522. The number of nitrogens with one attached hydrogen (secondary N) is 2. The monoisotopic (exact) mass is 482 g/mol. The van der Waals surface area contributed by atoms with E-state index in [2.05, 4.69) is 10.6 Å². The first-order valence-electron chi connectivity index (χ1n) is 11.5. The highest BCUT2D eigenvalue weighted by molar-refractivity contribution is 5.85. The summed E-state index contributed by atoms with van der Waals surface area (Å²) in [4.78, 5) is 11.5. The van der Waals surface area contributed by atoms with Crippen LogP contribution in [0.15, 0.2) is 18.2 Å². The van der Waals surface area contributed by atoms with Crippen molar-refractivity contribution in [1.29, 1.82) is 0 Å². The van der Waals surface area contributed by atoms with E-state index in [1.54, 1.807) is 26.8 Å². The van der Waals surface area contributed by atoms with E-state index in [1.165, 1.54) is 6.07 Å². The maximum absolute atomic E-state index is 14.1. The molecule has 9 nitrogen and oxygen atoms in total. The highest BCUT2D eigenvalue weighted by atomic mass is 19.1. The third kappa shape index (κ3) is 8.12. The zero-order valence-electron chi connectivity index (χ0n) is 20.8. The number of carbonyl (C=O) groups excluding carboxylic acids is 1. The smallest absolute Gasteiger partial charge is 0.407 e. The van der Waals surface area contributed by atoms with Gasteiger partial charge in [-0.2, -0.15) is 0 Å². The Bertz CT molecular complexity index is 955. The largest absolute Gasteiger partial charge is 0.444 e. The average Bonchev–Trinajstić information content (AvgIpc) is 3.07. The predicted octanol–water partition coefficient (Wildman–Crippen LogP) is 2.12. The Labute approximate surface area is 200 Å². The number of aliphatic hydroxyl groups is 2. The second-order valence-corrected chi connectivity index (χ2v) is 10.0. The molecular formula is C24H39FN4O5. The number of halogens is 1. The number of amides is 1. The molecule has 0 aliphatic heterocycles. The van der Waals surface area contributed by atoms with E-state index in [0.29, 0.717) is 38.4 Å². The molecule has 1 heterocycles. The number of nitrogen functional groups attached to an aromatic ring is 1. The van der Waals surface area contributed by atoms with Gasteiger partial charge in [0, 0.05) is 42.2 Å². The van der Waals surface area contributed by atoms with Gasteiger partial charge >= 0.3 is 6.09 Å². The summed E-state index contributed by atoms with van der Waals surface area (Å²) in [6.45, 7) is 11.2. The van der Waals surface area contributed by atoms with Gasteiger partial charge in [-0.15, -0.1) is 0 Å². The molecule has 0 aliphatic rings. The molecule has 34 heavy (non-hydrogen) atoms. The van der Waals surface area contributed by atoms with Gasteiger partial charge < -0.3 is 40.6 Å². The quantitative estimate of drug-likeness (QED) is 0.231. The van der Waals surface area contributed by atoms with Gasteiger partial charge in [0.1, 0.15) is 11.4 Å². The summed E-state index contributed by atoms with van der Waals surface area (Å²) >= 11 is 0. The summed E-state index contributed by atoms with van der Waals surface area (Å²) in [6, 6.07) is 4.80. The lowest BCUT2D eigenvalue weighted by Gasteiger charge is -2.26. The molecule has 2 aromatic rings. The molecule has 0 saturated heterocycles. The molecule has 0 fully saturated rings. The number of nitrogens with zero attached hydrogens (tertiary/aromatic N) is 1. The van der Waals surface area contributed by atoms with Crippen molar-refractivity contribution in [3.8, 4) is 0 Å². The lowest BCUT2D eigenvalue weighted by Crippen LogP contribution is -2.35. The lowest BCUT2D eigenvalue weighted by molar-refractivity contribution is 0.0499. The van der Waals surface area contributed by atoms with Crippen molar-refractivity contribution in [2.24, 2.45) is 0 Å². The summed E-state index contributed by atoms with van der Waals surface area (Å²) in [5, 5.41) is 26.9. The van der Waals surface area contributed by atoms with E-state index in [4.69, 9.17) is 15.2 Å². The normalized spacial score (nSPS) is 13.3. The van der Waals surface area contributed by atoms with Crippen LogP contribution >= 0.6 is 0 Å². The number of anilines is 1. The van der Waals surface area contributed by atoms with Crippen molar-refractivity contribution in [2.75, 3.05) is 45.2 Å². The van der Waals surface area contributed by atoms with E-state index in [-0.39, 0.29) is 18.8 Å². The van der Waals surface area contributed by atoms with Crippen LogP contribution in [0.2, 0.25) is 0 Å². The fourth-order valence-corrected chi connectivity index (χ4v) is 3.47. The second kappa shape index (κ2) is 11.8. The van der Waals surface area contributed by atoms with Gasteiger partial charge in [0.2, 0.25) is 0 Å². The molecule has 0 unspecified atom stereocenters. The van der Waals surface area contributed by atoms with Gasteiger partial charge in [-0.3, -0.25) is 0 Å². The standard InChI is InChI=1S/C24H39FN4O5/c1-23(2,3)34-22(32)28-7-9-33-8-6-27-13-17(31)14-29-20-12-18(25)19(26)10-16(20)11-21(29)24(4,5)15-30/h10-12,17,27,30-31H,6-9,13-15,26H2,1-5H3,(H,28,32)/t17-/m0/s1.